The molecule has 3 N–H and O–H groups in total. The maximum atomic E-state index is 13.9. The van der Waals surface area contributed by atoms with Crippen LogP contribution in [0.15, 0.2) is 40.2 Å². The fraction of sp³-hybridized carbons (Fsp3) is 0.154. The number of carbonyl (C=O) groups excluding carboxylic acids is 1. The summed E-state index contributed by atoms with van der Waals surface area (Å²) in [5, 5.41) is 4.92. The fourth-order valence-electron chi connectivity index (χ4n) is 1.72. The second-order valence-corrected chi connectivity index (χ2v) is 5.91. The van der Waals surface area contributed by atoms with Gasteiger partial charge in [-0.2, -0.15) is 0 Å². The zero-order chi connectivity index (χ0) is 13.8. The molecule has 1 amide bonds. The molecule has 6 heteroatoms. The van der Waals surface area contributed by atoms with Gasteiger partial charge in [0, 0.05) is 21.5 Å². The minimum atomic E-state index is -0.838. The first-order valence-electron chi connectivity index (χ1n) is 5.58. The Morgan fingerprint density at radius 3 is 2.84 bits per heavy atom. The molecule has 0 aliphatic heterocycles. The van der Waals surface area contributed by atoms with Crippen LogP contribution in [0.1, 0.15) is 16.5 Å². The van der Waals surface area contributed by atoms with Crippen molar-refractivity contribution in [3.05, 3.63) is 56.4 Å². The summed E-state index contributed by atoms with van der Waals surface area (Å²) in [7, 11) is 0. The number of carbonyl (C=O) groups is 1. The Kier molecular flexibility index (Phi) is 4.68. The van der Waals surface area contributed by atoms with E-state index in [1.54, 1.807) is 23.5 Å². The van der Waals surface area contributed by atoms with Gasteiger partial charge in [0.2, 0.25) is 5.91 Å². The van der Waals surface area contributed by atoms with Crippen LogP contribution in [-0.2, 0) is 11.3 Å². The van der Waals surface area contributed by atoms with Gasteiger partial charge in [-0.25, -0.2) is 4.39 Å². The number of nitrogens with two attached hydrogens (primary N) is 1. The number of thiophene rings is 1. The average molecular weight is 343 g/mol. The highest BCUT2D eigenvalue weighted by Crippen LogP contribution is 2.22. The highest BCUT2D eigenvalue weighted by molar-refractivity contribution is 9.10. The smallest absolute Gasteiger partial charge is 0.239 e. The quantitative estimate of drug-likeness (QED) is 0.877. The number of rotatable bonds is 5. The molecule has 0 fully saturated rings. The number of nitrogens with one attached hydrogen (secondary N) is 1. The van der Waals surface area contributed by atoms with Gasteiger partial charge in [-0.15, -0.1) is 11.3 Å². The van der Waals surface area contributed by atoms with Crippen molar-refractivity contribution in [2.75, 3.05) is 0 Å². The van der Waals surface area contributed by atoms with Gasteiger partial charge in [-0.05, 0) is 23.6 Å². The fourth-order valence-corrected chi connectivity index (χ4v) is 2.70. The molecule has 1 aromatic carbocycles. The molecule has 2 aromatic rings. The SMILES string of the molecule is NC(=O)C(NCc1cccs1)c1ccc(Br)cc1F. The minimum Gasteiger partial charge on any atom is -0.368 e. The van der Waals surface area contributed by atoms with Gasteiger partial charge in [0.25, 0.3) is 0 Å². The predicted octanol–water partition coefficient (Wildman–Crippen LogP) is 2.97. The number of primary amides is 1. The maximum Gasteiger partial charge on any atom is 0.239 e. The van der Waals surface area contributed by atoms with Crippen molar-refractivity contribution in [1.29, 1.82) is 0 Å². The maximum absolute atomic E-state index is 13.9. The van der Waals surface area contributed by atoms with E-state index in [1.807, 2.05) is 17.5 Å². The Balaban J connectivity index is 2.17. The molecule has 0 saturated heterocycles. The lowest BCUT2D eigenvalue weighted by atomic mass is 10.1. The van der Waals surface area contributed by atoms with Gasteiger partial charge >= 0.3 is 0 Å². The molecule has 2 rings (SSSR count). The summed E-state index contributed by atoms with van der Waals surface area (Å²) in [5.74, 6) is -1.06. The Morgan fingerprint density at radius 1 is 1.47 bits per heavy atom. The first kappa shape index (κ1) is 14.2. The van der Waals surface area contributed by atoms with Gasteiger partial charge in [-0.3, -0.25) is 10.1 Å². The van der Waals surface area contributed by atoms with Crippen LogP contribution in [0, 0.1) is 5.82 Å². The van der Waals surface area contributed by atoms with E-state index in [4.69, 9.17) is 5.73 Å². The van der Waals surface area contributed by atoms with E-state index in [1.165, 1.54) is 6.07 Å². The summed E-state index contributed by atoms with van der Waals surface area (Å²) >= 11 is 4.74. The minimum absolute atomic E-state index is 0.257. The highest BCUT2D eigenvalue weighted by atomic mass is 79.9. The van der Waals surface area contributed by atoms with Crippen molar-refractivity contribution in [3.8, 4) is 0 Å². The van der Waals surface area contributed by atoms with Crippen LogP contribution in [0.25, 0.3) is 0 Å². The molecular formula is C13H12BrFN2OS. The molecule has 1 aromatic heterocycles. The molecular weight excluding hydrogens is 331 g/mol. The normalized spacial score (nSPS) is 12.3. The number of hydrogen-bond donors (Lipinski definition) is 2. The van der Waals surface area contributed by atoms with Gasteiger partial charge in [0.15, 0.2) is 0 Å². The Hall–Kier alpha value is -1.24. The van der Waals surface area contributed by atoms with Crippen molar-refractivity contribution >= 4 is 33.2 Å². The summed E-state index contributed by atoms with van der Waals surface area (Å²) < 4.78 is 14.5. The number of halogens is 2. The Labute approximate surface area is 122 Å². The summed E-state index contributed by atoms with van der Waals surface area (Å²) in [6.45, 7) is 0.473. The summed E-state index contributed by atoms with van der Waals surface area (Å²) in [5.41, 5.74) is 5.60. The van der Waals surface area contributed by atoms with Crippen molar-refractivity contribution in [1.82, 2.24) is 5.32 Å². The lowest BCUT2D eigenvalue weighted by Crippen LogP contribution is -2.33. The van der Waals surface area contributed by atoms with Crippen molar-refractivity contribution < 1.29 is 9.18 Å². The third kappa shape index (κ3) is 3.62. The molecule has 0 bridgehead atoms. The molecule has 1 unspecified atom stereocenters. The van der Waals surface area contributed by atoms with Crippen LogP contribution < -0.4 is 11.1 Å². The predicted molar refractivity (Wildman–Crippen MR) is 77.2 cm³/mol. The van der Waals surface area contributed by atoms with E-state index in [0.717, 1.165) is 4.88 Å². The van der Waals surface area contributed by atoms with Crippen molar-refractivity contribution in [2.45, 2.75) is 12.6 Å². The average Bonchev–Trinajstić information content (AvgIpc) is 2.84. The van der Waals surface area contributed by atoms with Gasteiger partial charge in [0.1, 0.15) is 11.9 Å². The molecule has 0 spiro atoms. The van der Waals surface area contributed by atoms with Crippen LogP contribution in [0.3, 0.4) is 0 Å². The zero-order valence-electron chi connectivity index (χ0n) is 9.90. The summed E-state index contributed by atoms with van der Waals surface area (Å²) in [6.07, 6.45) is 0. The molecule has 0 radical (unpaired) electrons. The van der Waals surface area contributed by atoms with Crippen molar-refractivity contribution in [2.24, 2.45) is 5.73 Å². The van der Waals surface area contributed by atoms with Gasteiger partial charge < -0.3 is 5.73 Å². The van der Waals surface area contributed by atoms with Gasteiger partial charge in [0.05, 0.1) is 0 Å². The first-order valence-corrected chi connectivity index (χ1v) is 7.25. The van der Waals surface area contributed by atoms with Crippen LogP contribution in [0.2, 0.25) is 0 Å². The molecule has 3 nitrogen and oxygen atoms in total. The third-order valence-electron chi connectivity index (χ3n) is 2.62. The molecule has 0 saturated carbocycles. The zero-order valence-corrected chi connectivity index (χ0v) is 12.3. The molecule has 100 valence electrons. The molecule has 19 heavy (non-hydrogen) atoms. The summed E-state index contributed by atoms with van der Waals surface area (Å²) in [6, 6.07) is 7.57. The Morgan fingerprint density at radius 2 is 2.26 bits per heavy atom. The number of benzene rings is 1. The van der Waals surface area contributed by atoms with E-state index in [9.17, 15) is 9.18 Å². The standard InChI is InChI=1S/C13H12BrFN2OS/c14-8-3-4-10(11(15)6-8)12(13(16)18)17-7-9-2-1-5-19-9/h1-6,12,17H,7H2,(H2,16,18). The van der Waals surface area contributed by atoms with Crippen LogP contribution in [0.4, 0.5) is 4.39 Å². The summed E-state index contributed by atoms with van der Waals surface area (Å²) in [4.78, 5) is 12.5. The monoisotopic (exact) mass is 342 g/mol. The van der Waals surface area contributed by atoms with Crippen LogP contribution >= 0.6 is 27.3 Å². The van der Waals surface area contributed by atoms with E-state index in [2.05, 4.69) is 21.2 Å². The van der Waals surface area contributed by atoms with Crippen LogP contribution in [0.5, 0.6) is 0 Å². The highest BCUT2D eigenvalue weighted by Gasteiger charge is 2.21. The van der Waals surface area contributed by atoms with Crippen LogP contribution in [-0.4, -0.2) is 5.91 Å². The van der Waals surface area contributed by atoms with Gasteiger partial charge in [-0.1, -0.05) is 28.1 Å². The topological polar surface area (TPSA) is 55.1 Å². The lowest BCUT2D eigenvalue weighted by molar-refractivity contribution is -0.120. The number of hydrogen-bond acceptors (Lipinski definition) is 3. The third-order valence-corrected chi connectivity index (χ3v) is 3.99. The molecule has 1 atom stereocenters. The Bertz CT molecular complexity index is 574. The number of amides is 1. The molecule has 0 aliphatic rings. The van der Waals surface area contributed by atoms with E-state index < -0.39 is 17.8 Å². The lowest BCUT2D eigenvalue weighted by Gasteiger charge is -2.16. The largest absolute Gasteiger partial charge is 0.368 e. The van der Waals surface area contributed by atoms with E-state index in [0.29, 0.717) is 11.0 Å². The second kappa shape index (κ2) is 6.27. The van der Waals surface area contributed by atoms with Crippen molar-refractivity contribution in [3.63, 3.8) is 0 Å². The van der Waals surface area contributed by atoms with E-state index >= 15 is 0 Å². The molecule has 0 aliphatic carbocycles. The molecule has 1 heterocycles. The van der Waals surface area contributed by atoms with E-state index in [-0.39, 0.29) is 5.56 Å². The first-order chi connectivity index (χ1) is 9.08. The second-order valence-electron chi connectivity index (χ2n) is 3.96.